The molecule has 0 fully saturated rings. The number of benzene rings is 2. The van der Waals surface area contributed by atoms with Gasteiger partial charge in [0.05, 0.1) is 36.6 Å². The summed E-state index contributed by atoms with van der Waals surface area (Å²) >= 11 is 0. The first-order chi connectivity index (χ1) is 15.6. The van der Waals surface area contributed by atoms with Crippen LogP contribution < -0.4 is 30.4 Å². The SMILES string of the molecule is CC[NH+](CC(=O)Nc1ccc(S(N)(=O)=O)cc1)Cc1nc2cc(OC)c(OC)cc2c(=O)[nH]1. The molecule has 12 heteroatoms. The summed E-state index contributed by atoms with van der Waals surface area (Å²) in [5.74, 6) is 1.05. The summed E-state index contributed by atoms with van der Waals surface area (Å²) in [5.41, 5.74) is 0.591. The lowest BCUT2D eigenvalue weighted by Crippen LogP contribution is -3.11. The number of methoxy groups -OCH3 is 2. The first kappa shape index (κ1) is 24.2. The fraction of sp³-hybridized carbons (Fsp3) is 0.286. The van der Waals surface area contributed by atoms with Crippen molar-refractivity contribution in [3.8, 4) is 11.5 Å². The third-order valence-corrected chi connectivity index (χ3v) is 5.98. The van der Waals surface area contributed by atoms with Crippen LogP contribution in [-0.4, -0.2) is 51.6 Å². The smallest absolute Gasteiger partial charge is 0.279 e. The highest BCUT2D eigenvalue weighted by atomic mass is 32.2. The van der Waals surface area contributed by atoms with Crippen LogP contribution in [0.2, 0.25) is 0 Å². The van der Waals surface area contributed by atoms with Gasteiger partial charge in [-0.3, -0.25) is 9.59 Å². The number of anilines is 1. The molecule has 0 radical (unpaired) electrons. The first-order valence-corrected chi connectivity index (χ1v) is 11.6. The van der Waals surface area contributed by atoms with Gasteiger partial charge < -0.3 is 24.7 Å². The highest BCUT2D eigenvalue weighted by Crippen LogP contribution is 2.29. The van der Waals surface area contributed by atoms with E-state index in [1.165, 1.54) is 38.5 Å². The Kier molecular flexibility index (Phi) is 7.31. The summed E-state index contributed by atoms with van der Waals surface area (Å²) in [7, 11) is -0.811. The number of hydrogen-bond acceptors (Lipinski definition) is 7. The topological polar surface area (TPSA) is 158 Å². The molecule has 0 aliphatic carbocycles. The van der Waals surface area contributed by atoms with Gasteiger partial charge in [0, 0.05) is 11.8 Å². The number of amides is 1. The highest BCUT2D eigenvalue weighted by Gasteiger charge is 2.17. The predicted octanol–water partition coefficient (Wildman–Crippen LogP) is -0.369. The maximum atomic E-state index is 12.6. The van der Waals surface area contributed by atoms with Crippen LogP contribution in [0.5, 0.6) is 11.5 Å². The van der Waals surface area contributed by atoms with Crippen molar-refractivity contribution in [3.05, 3.63) is 52.6 Å². The van der Waals surface area contributed by atoms with Gasteiger partial charge in [-0.1, -0.05) is 0 Å². The van der Waals surface area contributed by atoms with Gasteiger partial charge in [0.25, 0.3) is 11.5 Å². The number of rotatable bonds is 9. The summed E-state index contributed by atoms with van der Waals surface area (Å²) in [6, 6.07) is 8.78. The average Bonchev–Trinajstić information content (AvgIpc) is 2.77. The van der Waals surface area contributed by atoms with Crippen LogP contribution in [0.3, 0.4) is 0 Å². The molecule has 176 valence electrons. The van der Waals surface area contributed by atoms with Crippen LogP contribution in [0, 0.1) is 0 Å². The minimum atomic E-state index is -3.80. The van der Waals surface area contributed by atoms with Crippen molar-refractivity contribution >= 4 is 32.5 Å². The quantitative estimate of drug-likeness (QED) is 0.328. The van der Waals surface area contributed by atoms with Gasteiger partial charge >= 0.3 is 0 Å². The molecule has 1 unspecified atom stereocenters. The first-order valence-electron chi connectivity index (χ1n) is 10.1. The number of likely N-dealkylation sites (N-methyl/N-ethyl adjacent to an activating group) is 1. The van der Waals surface area contributed by atoms with Crippen LogP contribution in [-0.2, 0) is 21.4 Å². The standard InChI is InChI=1S/C21H25N5O6S/c1-4-26(12-20(27)23-13-5-7-14(8-6-13)33(22,29)30)11-19-24-16-10-18(32-3)17(31-2)9-15(16)21(28)25-19/h5-10H,4,11-12H2,1-3H3,(H,23,27)(H2,22,29,30)(H,24,25,28)/p+1. The molecule has 1 aromatic heterocycles. The second-order valence-corrected chi connectivity index (χ2v) is 8.87. The number of hydrogen-bond donors (Lipinski definition) is 4. The zero-order valence-corrected chi connectivity index (χ0v) is 19.3. The van der Waals surface area contributed by atoms with Crippen molar-refractivity contribution in [2.75, 3.05) is 32.6 Å². The Labute approximate surface area is 190 Å². The van der Waals surface area contributed by atoms with E-state index in [1.807, 2.05) is 6.92 Å². The number of quaternary nitrogens is 1. The van der Waals surface area contributed by atoms with Gasteiger partial charge in [0.2, 0.25) is 10.0 Å². The minimum absolute atomic E-state index is 0.0399. The number of sulfonamides is 1. The van der Waals surface area contributed by atoms with E-state index in [0.29, 0.717) is 47.0 Å². The Bertz CT molecular complexity index is 1320. The van der Waals surface area contributed by atoms with E-state index < -0.39 is 10.0 Å². The Balaban J connectivity index is 1.73. The van der Waals surface area contributed by atoms with Crippen molar-refractivity contribution in [3.63, 3.8) is 0 Å². The Morgan fingerprint density at radius 1 is 1.15 bits per heavy atom. The number of nitrogens with one attached hydrogen (secondary N) is 3. The molecule has 0 spiro atoms. The van der Waals surface area contributed by atoms with Gasteiger partial charge in [-0.15, -0.1) is 0 Å². The molecule has 11 nitrogen and oxygen atoms in total. The van der Waals surface area contributed by atoms with Gasteiger partial charge in [-0.2, -0.15) is 0 Å². The van der Waals surface area contributed by atoms with Crippen LogP contribution in [0.25, 0.3) is 10.9 Å². The van der Waals surface area contributed by atoms with E-state index in [4.69, 9.17) is 14.6 Å². The number of ether oxygens (including phenoxy) is 2. The summed E-state index contributed by atoms with van der Waals surface area (Å²) in [6.07, 6.45) is 0. The van der Waals surface area contributed by atoms with Crippen molar-refractivity contribution in [2.24, 2.45) is 5.14 Å². The van der Waals surface area contributed by atoms with Gasteiger partial charge in [0.15, 0.2) is 23.9 Å². The molecule has 1 atom stereocenters. The fourth-order valence-electron chi connectivity index (χ4n) is 3.31. The molecule has 3 aromatic rings. The molecule has 0 aliphatic rings. The number of aromatic nitrogens is 2. The molecule has 1 heterocycles. The number of H-pyrrole nitrogens is 1. The second kappa shape index (κ2) is 9.98. The van der Waals surface area contributed by atoms with Crippen LogP contribution in [0.1, 0.15) is 12.7 Å². The van der Waals surface area contributed by atoms with Crippen molar-refractivity contribution in [2.45, 2.75) is 18.4 Å². The minimum Gasteiger partial charge on any atom is -0.493 e. The molecule has 0 bridgehead atoms. The number of carbonyl (C=O) groups is 1. The normalized spacial score (nSPS) is 12.4. The average molecular weight is 477 g/mol. The van der Waals surface area contributed by atoms with Crippen LogP contribution in [0.4, 0.5) is 5.69 Å². The molecule has 5 N–H and O–H groups in total. The molecular formula is C21H26N5O6S+. The lowest BCUT2D eigenvalue weighted by molar-refractivity contribution is -0.904. The lowest BCUT2D eigenvalue weighted by atomic mass is 10.2. The molecular weight excluding hydrogens is 450 g/mol. The molecule has 33 heavy (non-hydrogen) atoms. The van der Waals surface area contributed by atoms with Gasteiger partial charge in [0.1, 0.15) is 6.54 Å². The van der Waals surface area contributed by atoms with Crippen molar-refractivity contribution in [1.29, 1.82) is 0 Å². The number of fused-ring (bicyclic) bond motifs is 1. The number of nitrogens with zero attached hydrogens (tertiary/aromatic N) is 1. The summed E-state index contributed by atoms with van der Waals surface area (Å²) in [6.45, 7) is 2.94. The van der Waals surface area contributed by atoms with Gasteiger partial charge in [-0.25, -0.2) is 18.5 Å². The molecule has 0 saturated carbocycles. The third kappa shape index (κ3) is 5.86. The monoisotopic (exact) mass is 476 g/mol. The second-order valence-electron chi connectivity index (χ2n) is 7.31. The molecule has 2 aromatic carbocycles. The summed E-state index contributed by atoms with van der Waals surface area (Å²) in [4.78, 5) is 33.2. The van der Waals surface area contributed by atoms with E-state index in [1.54, 1.807) is 12.1 Å². The van der Waals surface area contributed by atoms with Crippen molar-refractivity contribution < 1.29 is 27.6 Å². The van der Waals surface area contributed by atoms with E-state index in [-0.39, 0.29) is 22.9 Å². The maximum Gasteiger partial charge on any atom is 0.279 e. The summed E-state index contributed by atoms with van der Waals surface area (Å²) < 4.78 is 33.2. The Morgan fingerprint density at radius 3 is 2.36 bits per heavy atom. The zero-order valence-electron chi connectivity index (χ0n) is 18.5. The van der Waals surface area contributed by atoms with E-state index in [2.05, 4.69) is 15.3 Å². The Morgan fingerprint density at radius 2 is 1.79 bits per heavy atom. The highest BCUT2D eigenvalue weighted by molar-refractivity contribution is 7.89. The lowest BCUT2D eigenvalue weighted by Gasteiger charge is -2.17. The largest absolute Gasteiger partial charge is 0.493 e. The molecule has 1 amide bonds. The molecule has 0 aliphatic heterocycles. The third-order valence-electron chi connectivity index (χ3n) is 5.05. The number of primary sulfonamides is 1. The molecule has 0 saturated heterocycles. The van der Waals surface area contributed by atoms with E-state index in [9.17, 15) is 18.0 Å². The van der Waals surface area contributed by atoms with Crippen molar-refractivity contribution in [1.82, 2.24) is 9.97 Å². The predicted molar refractivity (Wildman–Crippen MR) is 122 cm³/mol. The number of aromatic amines is 1. The number of carbonyl (C=O) groups excluding carboxylic acids is 1. The van der Waals surface area contributed by atoms with Gasteiger partial charge in [-0.05, 0) is 37.3 Å². The van der Waals surface area contributed by atoms with E-state index >= 15 is 0 Å². The van der Waals surface area contributed by atoms with Crippen LogP contribution >= 0.6 is 0 Å². The summed E-state index contributed by atoms with van der Waals surface area (Å²) in [5, 5.41) is 8.17. The van der Waals surface area contributed by atoms with E-state index in [0.717, 1.165) is 4.90 Å². The zero-order chi connectivity index (χ0) is 24.2. The molecule has 3 rings (SSSR count). The maximum absolute atomic E-state index is 12.6. The van der Waals surface area contributed by atoms with Crippen LogP contribution in [0.15, 0.2) is 46.1 Å². The Hall–Kier alpha value is -3.48. The fourth-order valence-corrected chi connectivity index (χ4v) is 3.82. The number of nitrogens with two attached hydrogens (primary N) is 1.